The van der Waals surface area contributed by atoms with Crippen LogP contribution < -0.4 is 4.74 Å². The highest BCUT2D eigenvalue weighted by Crippen LogP contribution is 2.21. The summed E-state index contributed by atoms with van der Waals surface area (Å²) in [5, 5.41) is 0. The number of aryl methyl sites for hydroxylation is 1. The fourth-order valence-electron chi connectivity index (χ4n) is 1.80. The second-order valence-electron chi connectivity index (χ2n) is 4.43. The number of methoxy groups -OCH3 is 2. The van der Waals surface area contributed by atoms with Gasteiger partial charge in [-0.1, -0.05) is 0 Å². The minimum atomic E-state index is -0.313. The molecule has 0 spiro atoms. The van der Waals surface area contributed by atoms with E-state index in [1.54, 1.807) is 13.2 Å². The summed E-state index contributed by atoms with van der Waals surface area (Å²) in [6.45, 7) is 1.01. The first-order chi connectivity index (χ1) is 8.58. The van der Waals surface area contributed by atoms with E-state index in [1.807, 2.05) is 26.2 Å². The first kappa shape index (κ1) is 14.5. The van der Waals surface area contributed by atoms with Crippen LogP contribution in [0.4, 0.5) is 0 Å². The van der Waals surface area contributed by atoms with E-state index in [1.165, 1.54) is 7.11 Å². The van der Waals surface area contributed by atoms with Crippen LogP contribution in [0.25, 0.3) is 0 Å². The van der Waals surface area contributed by atoms with Crippen LogP contribution in [0.1, 0.15) is 22.3 Å². The molecule has 0 heterocycles. The molecule has 4 heteroatoms. The largest absolute Gasteiger partial charge is 0.496 e. The number of hydrogen-bond acceptors (Lipinski definition) is 4. The maximum atomic E-state index is 11.5. The molecule has 0 unspecified atom stereocenters. The topological polar surface area (TPSA) is 38.8 Å². The summed E-state index contributed by atoms with van der Waals surface area (Å²) in [5.41, 5.74) is 1.61. The van der Waals surface area contributed by atoms with Crippen molar-refractivity contribution in [2.75, 3.05) is 34.9 Å². The van der Waals surface area contributed by atoms with Gasteiger partial charge in [0.1, 0.15) is 5.75 Å². The lowest BCUT2D eigenvalue weighted by Crippen LogP contribution is -2.13. The minimum Gasteiger partial charge on any atom is -0.496 e. The molecule has 0 aliphatic heterocycles. The molecule has 0 amide bonds. The van der Waals surface area contributed by atoms with Gasteiger partial charge in [0.15, 0.2) is 0 Å². The van der Waals surface area contributed by atoms with Crippen LogP contribution >= 0.6 is 0 Å². The highest BCUT2D eigenvalue weighted by molar-refractivity contribution is 5.89. The number of rotatable bonds is 6. The number of benzene rings is 1. The number of nitrogens with zero attached hydrogens (tertiary/aromatic N) is 1. The average Bonchev–Trinajstić information content (AvgIpc) is 2.37. The molecule has 100 valence electrons. The second kappa shape index (κ2) is 7.01. The first-order valence-electron chi connectivity index (χ1n) is 5.98. The molecule has 0 radical (unpaired) electrons. The van der Waals surface area contributed by atoms with Crippen LogP contribution in [-0.2, 0) is 11.2 Å². The van der Waals surface area contributed by atoms with Gasteiger partial charge in [-0.05, 0) is 57.2 Å². The summed E-state index contributed by atoms with van der Waals surface area (Å²) in [5.74, 6) is 0.507. The Morgan fingerprint density at radius 3 is 2.56 bits per heavy atom. The highest BCUT2D eigenvalue weighted by atomic mass is 16.5. The van der Waals surface area contributed by atoms with E-state index in [-0.39, 0.29) is 5.97 Å². The van der Waals surface area contributed by atoms with E-state index >= 15 is 0 Å². The molecular formula is C14H21NO3. The molecule has 18 heavy (non-hydrogen) atoms. The smallest absolute Gasteiger partial charge is 0.337 e. The first-order valence-corrected chi connectivity index (χ1v) is 5.98. The van der Waals surface area contributed by atoms with Gasteiger partial charge in [0.05, 0.1) is 19.8 Å². The summed E-state index contributed by atoms with van der Waals surface area (Å²) in [4.78, 5) is 13.6. The van der Waals surface area contributed by atoms with E-state index in [2.05, 4.69) is 4.90 Å². The molecule has 1 aromatic carbocycles. The highest BCUT2D eigenvalue weighted by Gasteiger charge is 2.10. The maximum Gasteiger partial charge on any atom is 0.337 e. The van der Waals surface area contributed by atoms with Gasteiger partial charge in [-0.15, -0.1) is 0 Å². The molecule has 4 nitrogen and oxygen atoms in total. The standard InChI is InChI=1S/C14H21NO3/c1-15(2)9-5-6-11-10-12(14(16)18-4)7-8-13(11)17-3/h7-8,10H,5-6,9H2,1-4H3. The van der Waals surface area contributed by atoms with Crippen molar-refractivity contribution in [1.29, 1.82) is 0 Å². The van der Waals surface area contributed by atoms with Gasteiger partial charge in [0, 0.05) is 0 Å². The Morgan fingerprint density at radius 1 is 1.28 bits per heavy atom. The number of carbonyl (C=O) groups is 1. The van der Waals surface area contributed by atoms with Crippen LogP contribution in [0.15, 0.2) is 18.2 Å². The summed E-state index contributed by atoms with van der Waals surface area (Å²) >= 11 is 0. The molecular weight excluding hydrogens is 230 g/mol. The van der Waals surface area contributed by atoms with Crippen molar-refractivity contribution in [1.82, 2.24) is 4.90 Å². The van der Waals surface area contributed by atoms with Crippen molar-refractivity contribution < 1.29 is 14.3 Å². The molecule has 0 N–H and O–H groups in total. The predicted octanol–water partition coefficient (Wildman–Crippen LogP) is 1.98. The zero-order valence-corrected chi connectivity index (χ0v) is 11.5. The lowest BCUT2D eigenvalue weighted by molar-refractivity contribution is 0.0600. The normalized spacial score (nSPS) is 10.5. The number of ether oxygens (including phenoxy) is 2. The van der Waals surface area contributed by atoms with Crippen molar-refractivity contribution in [2.45, 2.75) is 12.8 Å². The molecule has 1 rings (SSSR count). The minimum absolute atomic E-state index is 0.313. The van der Waals surface area contributed by atoms with Crippen LogP contribution in [0.2, 0.25) is 0 Å². The quantitative estimate of drug-likeness (QED) is 0.725. The zero-order valence-electron chi connectivity index (χ0n) is 11.5. The Morgan fingerprint density at radius 2 is 2.00 bits per heavy atom. The fraction of sp³-hybridized carbons (Fsp3) is 0.500. The number of esters is 1. The van der Waals surface area contributed by atoms with Crippen molar-refractivity contribution in [3.8, 4) is 5.75 Å². The van der Waals surface area contributed by atoms with Crippen LogP contribution in [0.3, 0.4) is 0 Å². The summed E-state index contributed by atoms with van der Waals surface area (Å²) in [6.07, 6.45) is 1.90. The molecule has 0 saturated heterocycles. The Balaban J connectivity index is 2.82. The molecule has 0 aromatic heterocycles. The molecule has 0 bridgehead atoms. The van der Waals surface area contributed by atoms with Gasteiger partial charge in [0.25, 0.3) is 0 Å². The van der Waals surface area contributed by atoms with Crippen LogP contribution in [0, 0.1) is 0 Å². The van der Waals surface area contributed by atoms with Crippen molar-refractivity contribution in [2.24, 2.45) is 0 Å². The number of hydrogen-bond donors (Lipinski definition) is 0. The Bertz CT molecular complexity index is 402. The lowest BCUT2D eigenvalue weighted by Gasteiger charge is -2.12. The third-order valence-electron chi connectivity index (χ3n) is 2.75. The monoisotopic (exact) mass is 251 g/mol. The maximum absolute atomic E-state index is 11.5. The van der Waals surface area contributed by atoms with Crippen molar-refractivity contribution >= 4 is 5.97 Å². The van der Waals surface area contributed by atoms with Crippen LogP contribution in [0.5, 0.6) is 5.75 Å². The molecule has 0 saturated carbocycles. The zero-order chi connectivity index (χ0) is 13.5. The molecule has 0 fully saturated rings. The lowest BCUT2D eigenvalue weighted by atomic mass is 10.0. The van der Waals surface area contributed by atoms with Gasteiger partial charge < -0.3 is 14.4 Å². The van der Waals surface area contributed by atoms with Gasteiger partial charge >= 0.3 is 5.97 Å². The van der Waals surface area contributed by atoms with Gasteiger partial charge in [0.2, 0.25) is 0 Å². The Kier molecular flexibility index (Phi) is 5.65. The summed E-state index contributed by atoms with van der Waals surface area (Å²) in [7, 11) is 7.12. The predicted molar refractivity (Wildman–Crippen MR) is 71.2 cm³/mol. The number of carbonyl (C=O) groups excluding carboxylic acids is 1. The van der Waals surface area contributed by atoms with Gasteiger partial charge in [-0.2, -0.15) is 0 Å². The van der Waals surface area contributed by atoms with E-state index < -0.39 is 0 Å². The fourth-order valence-corrected chi connectivity index (χ4v) is 1.80. The van der Waals surface area contributed by atoms with E-state index in [0.29, 0.717) is 5.56 Å². The van der Waals surface area contributed by atoms with Crippen LogP contribution in [-0.4, -0.2) is 45.7 Å². The van der Waals surface area contributed by atoms with E-state index in [4.69, 9.17) is 9.47 Å². The summed E-state index contributed by atoms with van der Waals surface area (Å²) in [6, 6.07) is 5.39. The molecule has 1 aromatic rings. The third kappa shape index (κ3) is 4.04. The van der Waals surface area contributed by atoms with Crippen molar-refractivity contribution in [3.63, 3.8) is 0 Å². The van der Waals surface area contributed by atoms with E-state index in [9.17, 15) is 4.79 Å². The Hall–Kier alpha value is -1.55. The average molecular weight is 251 g/mol. The molecule has 0 aliphatic rings. The summed E-state index contributed by atoms with van der Waals surface area (Å²) < 4.78 is 10.0. The SMILES string of the molecule is COC(=O)c1ccc(OC)c(CCCN(C)C)c1. The molecule has 0 atom stereocenters. The van der Waals surface area contributed by atoms with Crippen molar-refractivity contribution in [3.05, 3.63) is 29.3 Å². The second-order valence-corrected chi connectivity index (χ2v) is 4.43. The third-order valence-corrected chi connectivity index (χ3v) is 2.75. The van der Waals surface area contributed by atoms with Gasteiger partial charge in [-0.25, -0.2) is 4.79 Å². The molecule has 0 aliphatic carbocycles. The Labute approximate surface area is 108 Å². The van der Waals surface area contributed by atoms with Gasteiger partial charge in [-0.3, -0.25) is 0 Å². The van der Waals surface area contributed by atoms with E-state index in [0.717, 1.165) is 30.7 Å².